The Morgan fingerprint density at radius 3 is 2.72 bits per heavy atom. The second-order valence-electron chi connectivity index (χ2n) is 3.96. The Labute approximate surface area is 104 Å². The van der Waals surface area contributed by atoms with Crippen LogP contribution in [0.1, 0.15) is 27.2 Å². The van der Waals surface area contributed by atoms with Crippen LogP contribution in [0.25, 0.3) is 5.69 Å². The van der Waals surface area contributed by atoms with Crippen molar-refractivity contribution in [3.05, 3.63) is 46.8 Å². The number of hydrogen-bond donors (Lipinski definition) is 1. The van der Waals surface area contributed by atoms with E-state index in [2.05, 4.69) is 11.2 Å². The summed E-state index contributed by atoms with van der Waals surface area (Å²) in [6.45, 7) is 3.48. The van der Waals surface area contributed by atoms with Gasteiger partial charge in [0.15, 0.2) is 0 Å². The van der Waals surface area contributed by atoms with E-state index in [1.807, 2.05) is 13.0 Å². The highest BCUT2D eigenvalue weighted by molar-refractivity contribution is 5.88. The maximum atomic E-state index is 11.0. The predicted molar refractivity (Wildman–Crippen MR) is 64.7 cm³/mol. The lowest BCUT2D eigenvalue weighted by Crippen LogP contribution is -2.01. The van der Waals surface area contributed by atoms with E-state index in [0.29, 0.717) is 16.9 Å². The molecular weight excluding hydrogens is 230 g/mol. The summed E-state index contributed by atoms with van der Waals surface area (Å²) in [5.41, 5.74) is 2.52. The van der Waals surface area contributed by atoms with Crippen LogP contribution in [0.4, 0.5) is 0 Å². The molecule has 18 heavy (non-hydrogen) atoms. The number of para-hydroxylation sites is 1. The molecule has 0 unspecified atom stereocenters. The fourth-order valence-electron chi connectivity index (χ4n) is 1.84. The van der Waals surface area contributed by atoms with Crippen molar-refractivity contribution in [2.75, 3.05) is 0 Å². The van der Waals surface area contributed by atoms with E-state index in [1.165, 1.54) is 10.9 Å². The van der Waals surface area contributed by atoms with E-state index < -0.39 is 5.97 Å². The number of aryl methyl sites for hydroxylation is 2. The molecule has 0 aliphatic heterocycles. The number of carbonyl (C=O) groups is 1. The fraction of sp³-hybridized carbons (Fsp3) is 0.154. The number of benzene rings is 1. The summed E-state index contributed by atoms with van der Waals surface area (Å²) >= 11 is 0. The zero-order valence-corrected chi connectivity index (χ0v) is 10.0. The van der Waals surface area contributed by atoms with Gasteiger partial charge in [0.1, 0.15) is 11.6 Å². The molecule has 1 heterocycles. The van der Waals surface area contributed by atoms with Gasteiger partial charge in [0.2, 0.25) is 0 Å². The van der Waals surface area contributed by atoms with Crippen molar-refractivity contribution in [1.29, 1.82) is 5.26 Å². The summed E-state index contributed by atoms with van der Waals surface area (Å²) in [4.78, 5) is 11.0. The summed E-state index contributed by atoms with van der Waals surface area (Å²) < 4.78 is 1.45. The number of aromatic carboxylic acids is 1. The predicted octanol–water partition coefficient (Wildman–Crippen LogP) is 2.06. The first-order chi connectivity index (χ1) is 8.54. The van der Waals surface area contributed by atoms with Gasteiger partial charge in [-0.05, 0) is 25.5 Å². The van der Waals surface area contributed by atoms with Crippen LogP contribution >= 0.6 is 0 Å². The first kappa shape index (κ1) is 11.9. The van der Waals surface area contributed by atoms with Crippen LogP contribution in [0.2, 0.25) is 0 Å². The van der Waals surface area contributed by atoms with Crippen LogP contribution < -0.4 is 0 Å². The molecule has 0 bridgehead atoms. The van der Waals surface area contributed by atoms with Crippen LogP contribution in [-0.2, 0) is 0 Å². The lowest BCUT2D eigenvalue weighted by Gasteiger charge is -2.07. The molecule has 0 atom stereocenters. The number of nitrogens with zero attached hydrogens (tertiary/aromatic N) is 3. The SMILES string of the molecule is Cc1cccc(C#N)c1-n1cc(C(=O)O)c(C)n1. The van der Waals surface area contributed by atoms with E-state index in [0.717, 1.165) is 5.56 Å². The van der Waals surface area contributed by atoms with Gasteiger partial charge in [-0.15, -0.1) is 0 Å². The molecule has 2 rings (SSSR count). The molecule has 1 N–H and O–H groups in total. The van der Waals surface area contributed by atoms with Gasteiger partial charge in [-0.3, -0.25) is 0 Å². The highest BCUT2D eigenvalue weighted by Gasteiger charge is 2.15. The normalized spacial score (nSPS) is 10.1. The number of hydrogen-bond acceptors (Lipinski definition) is 3. The molecule has 0 amide bonds. The highest BCUT2D eigenvalue weighted by Crippen LogP contribution is 2.19. The van der Waals surface area contributed by atoms with Crippen molar-refractivity contribution < 1.29 is 9.90 Å². The second-order valence-corrected chi connectivity index (χ2v) is 3.96. The van der Waals surface area contributed by atoms with E-state index in [-0.39, 0.29) is 5.56 Å². The maximum absolute atomic E-state index is 11.0. The lowest BCUT2D eigenvalue weighted by molar-refractivity contribution is 0.0696. The van der Waals surface area contributed by atoms with Crippen LogP contribution in [0.3, 0.4) is 0 Å². The van der Waals surface area contributed by atoms with Gasteiger partial charge in [0.05, 0.1) is 16.9 Å². The molecule has 0 saturated carbocycles. The van der Waals surface area contributed by atoms with E-state index in [4.69, 9.17) is 10.4 Å². The highest BCUT2D eigenvalue weighted by atomic mass is 16.4. The average Bonchev–Trinajstić information content (AvgIpc) is 2.70. The molecular formula is C13H11N3O2. The zero-order valence-electron chi connectivity index (χ0n) is 10.0. The smallest absolute Gasteiger partial charge is 0.339 e. The third kappa shape index (κ3) is 1.84. The monoisotopic (exact) mass is 241 g/mol. The Balaban J connectivity index is 2.67. The van der Waals surface area contributed by atoms with Crippen molar-refractivity contribution in [3.8, 4) is 11.8 Å². The molecule has 0 radical (unpaired) electrons. The number of aromatic nitrogens is 2. The minimum absolute atomic E-state index is 0.141. The molecule has 1 aromatic heterocycles. The molecule has 1 aromatic carbocycles. The quantitative estimate of drug-likeness (QED) is 0.872. The van der Waals surface area contributed by atoms with Crippen molar-refractivity contribution >= 4 is 5.97 Å². The maximum Gasteiger partial charge on any atom is 0.339 e. The molecule has 0 spiro atoms. The molecule has 0 fully saturated rings. The summed E-state index contributed by atoms with van der Waals surface area (Å²) in [6, 6.07) is 7.40. The Kier molecular flexibility index (Phi) is 2.86. The summed E-state index contributed by atoms with van der Waals surface area (Å²) in [6.07, 6.45) is 1.43. The van der Waals surface area contributed by atoms with E-state index in [1.54, 1.807) is 19.1 Å². The van der Waals surface area contributed by atoms with Crippen LogP contribution in [0.5, 0.6) is 0 Å². The average molecular weight is 241 g/mol. The molecule has 90 valence electrons. The first-order valence-corrected chi connectivity index (χ1v) is 5.34. The number of carboxylic acid groups (broad SMARTS) is 1. The summed E-state index contributed by atoms with van der Waals surface area (Å²) in [5.74, 6) is -1.02. The number of nitriles is 1. The third-order valence-corrected chi connectivity index (χ3v) is 2.72. The van der Waals surface area contributed by atoms with Crippen LogP contribution in [-0.4, -0.2) is 20.9 Å². The van der Waals surface area contributed by atoms with E-state index in [9.17, 15) is 4.79 Å². The summed E-state index contributed by atoms with van der Waals surface area (Å²) in [7, 11) is 0. The van der Waals surface area contributed by atoms with Gasteiger partial charge >= 0.3 is 5.97 Å². The fourth-order valence-corrected chi connectivity index (χ4v) is 1.84. The van der Waals surface area contributed by atoms with Gasteiger partial charge in [0, 0.05) is 6.20 Å². The van der Waals surface area contributed by atoms with Crippen LogP contribution in [0.15, 0.2) is 24.4 Å². The van der Waals surface area contributed by atoms with Crippen molar-refractivity contribution in [2.45, 2.75) is 13.8 Å². The lowest BCUT2D eigenvalue weighted by atomic mass is 10.1. The molecule has 0 aliphatic rings. The molecule has 0 saturated heterocycles. The topological polar surface area (TPSA) is 78.9 Å². The zero-order chi connectivity index (χ0) is 13.3. The van der Waals surface area contributed by atoms with Gasteiger partial charge in [0.25, 0.3) is 0 Å². The first-order valence-electron chi connectivity index (χ1n) is 5.34. The number of rotatable bonds is 2. The van der Waals surface area contributed by atoms with Gasteiger partial charge in [-0.25, -0.2) is 9.48 Å². The molecule has 0 aliphatic carbocycles. The van der Waals surface area contributed by atoms with Crippen LogP contribution in [0, 0.1) is 25.2 Å². The van der Waals surface area contributed by atoms with E-state index >= 15 is 0 Å². The Hall–Kier alpha value is -2.61. The minimum Gasteiger partial charge on any atom is -0.478 e. The van der Waals surface area contributed by atoms with Crippen molar-refractivity contribution in [3.63, 3.8) is 0 Å². The minimum atomic E-state index is -1.02. The third-order valence-electron chi connectivity index (χ3n) is 2.72. The van der Waals surface area contributed by atoms with Crippen molar-refractivity contribution in [2.24, 2.45) is 0 Å². The Morgan fingerprint density at radius 2 is 2.17 bits per heavy atom. The van der Waals surface area contributed by atoms with Gasteiger partial charge in [-0.1, -0.05) is 12.1 Å². The largest absolute Gasteiger partial charge is 0.478 e. The molecule has 5 nitrogen and oxygen atoms in total. The van der Waals surface area contributed by atoms with Gasteiger partial charge in [-0.2, -0.15) is 10.4 Å². The Morgan fingerprint density at radius 1 is 1.44 bits per heavy atom. The molecule has 2 aromatic rings. The second kappa shape index (κ2) is 4.34. The standard InChI is InChI=1S/C13H11N3O2/c1-8-4-3-5-10(6-14)12(8)16-7-11(13(17)18)9(2)15-16/h3-5,7H,1-2H3,(H,17,18). The Bertz CT molecular complexity index is 665. The molecule has 5 heteroatoms. The summed E-state index contributed by atoms with van der Waals surface area (Å²) in [5, 5.41) is 22.2. The van der Waals surface area contributed by atoms with Gasteiger partial charge < -0.3 is 5.11 Å². The number of carboxylic acids is 1. The van der Waals surface area contributed by atoms with Crippen molar-refractivity contribution in [1.82, 2.24) is 9.78 Å².